The molecular formula is C42H29N. The molecule has 0 atom stereocenters. The lowest BCUT2D eigenvalue weighted by atomic mass is 9.85. The lowest BCUT2D eigenvalue weighted by Crippen LogP contribution is -1.91. The van der Waals surface area contributed by atoms with Crippen molar-refractivity contribution in [3.8, 4) is 44.5 Å². The van der Waals surface area contributed by atoms with E-state index in [1.54, 1.807) is 0 Å². The monoisotopic (exact) mass is 547 g/mol. The summed E-state index contributed by atoms with van der Waals surface area (Å²) in [4.78, 5) is 4.19. The van der Waals surface area contributed by atoms with E-state index < -0.39 is 0 Å². The molecule has 0 saturated carbocycles. The first-order valence-corrected chi connectivity index (χ1v) is 14.8. The predicted octanol–water partition coefficient (Wildman–Crippen LogP) is 11.5. The second kappa shape index (κ2) is 10.4. The summed E-state index contributed by atoms with van der Waals surface area (Å²) in [5.74, 6) is 0. The van der Waals surface area contributed by atoms with Crippen LogP contribution in [-0.4, -0.2) is 4.98 Å². The third-order valence-corrected chi connectivity index (χ3v) is 8.58. The quantitative estimate of drug-likeness (QED) is 0.200. The fourth-order valence-corrected chi connectivity index (χ4v) is 6.55. The summed E-state index contributed by atoms with van der Waals surface area (Å²) in [6, 6.07) is 53.3. The lowest BCUT2D eigenvalue weighted by Gasteiger charge is -2.18. The van der Waals surface area contributed by atoms with E-state index in [-0.39, 0.29) is 0 Å². The van der Waals surface area contributed by atoms with Crippen molar-refractivity contribution in [3.05, 3.63) is 164 Å². The smallest absolute Gasteiger partial charge is 0.0273 e. The molecular weight excluding hydrogens is 518 g/mol. The maximum absolute atomic E-state index is 4.19. The molecule has 1 aromatic heterocycles. The highest BCUT2D eigenvalue weighted by Gasteiger charge is 2.17. The number of rotatable bonds is 4. The number of fused-ring (bicyclic) bond motifs is 3. The Bertz CT molecular complexity index is 2240. The first-order valence-electron chi connectivity index (χ1n) is 14.8. The number of hydrogen-bond acceptors (Lipinski definition) is 1. The molecule has 0 N–H and O–H groups in total. The van der Waals surface area contributed by atoms with Gasteiger partial charge in [-0.3, -0.25) is 4.98 Å². The Morgan fingerprint density at radius 1 is 0.349 bits per heavy atom. The zero-order valence-corrected chi connectivity index (χ0v) is 24.0. The highest BCUT2D eigenvalue weighted by atomic mass is 14.6. The van der Waals surface area contributed by atoms with Crippen molar-refractivity contribution in [3.63, 3.8) is 0 Å². The minimum atomic E-state index is 1.17. The van der Waals surface area contributed by atoms with E-state index in [1.165, 1.54) is 82.4 Å². The van der Waals surface area contributed by atoms with Crippen molar-refractivity contribution in [2.45, 2.75) is 6.92 Å². The predicted molar refractivity (Wildman–Crippen MR) is 183 cm³/mol. The number of aromatic nitrogens is 1. The SMILES string of the molecule is Cc1ccc2cc(-c3c4ccccc4c(-c4cccc(-c5cccc(-c6ccncc6)c5)c4)c4ccccc34)ccc2c1. The topological polar surface area (TPSA) is 12.9 Å². The minimum Gasteiger partial charge on any atom is -0.265 e. The molecule has 0 fully saturated rings. The van der Waals surface area contributed by atoms with Gasteiger partial charge >= 0.3 is 0 Å². The molecule has 0 spiro atoms. The van der Waals surface area contributed by atoms with E-state index in [9.17, 15) is 0 Å². The second-order valence-corrected chi connectivity index (χ2v) is 11.3. The molecule has 0 amide bonds. The summed E-state index contributed by atoms with van der Waals surface area (Å²) >= 11 is 0. The number of aryl methyl sites for hydroxylation is 1. The maximum atomic E-state index is 4.19. The van der Waals surface area contributed by atoms with Crippen molar-refractivity contribution >= 4 is 32.3 Å². The van der Waals surface area contributed by atoms with E-state index >= 15 is 0 Å². The molecule has 1 heteroatoms. The Kier molecular flexibility index (Phi) is 6.09. The van der Waals surface area contributed by atoms with Crippen LogP contribution in [0.15, 0.2) is 158 Å². The van der Waals surface area contributed by atoms with Gasteiger partial charge in [-0.25, -0.2) is 0 Å². The van der Waals surface area contributed by atoms with Gasteiger partial charge in [-0.2, -0.15) is 0 Å². The van der Waals surface area contributed by atoms with Gasteiger partial charge in [0.1, 0.15) is 0 Å². The summed E-state index contributed by atoms with van der Waals surface area (Å²) in [6.07, 6.45) is 3.70. The molecule has 0 aliphatic rings. The van der Waals surface area contributed by atoms with Crippen molar-refractivity contribution in [1.82, 2.24) is 4.98 Å². The molecule has 1 nitrogen and oxygen atoms in total. The van der Waals surface area contributed by atoms with Gasteiger partial charge in [0.2, 0.25) is 0 Å². The van der Waals surface area contributed by atoms with E-state index in [4.69, 9.17) is 0 Å². The van der Waals surface area contributed by atoms with E-state index in [0.29, 0.717) is 0 Å². The van der Waals surface area contributed by atoms with Gasteiger partial charge < -0.3 is 0 Å². The van der Waals surface area contributed by atoms with Crippen LogP contribution in [0.1, 0.15) is 5.56 Å². The standard InChI is InChI=1S/C42H29N/c1-28-16-17-34-27-36(19-18-33(34)24-28)42-39-14-4-2-12-37(39)41(38-13-3-5-15-40(38)42)35-11-7-10-32(26-35)31-9-6-8-30(25-31)29-20-22-43-23-21-29/h2-27H,1H3. The van der Waals surface area contributed by atoms with Gasteiger partial charge in [-0.15, -0.1) is 0 Å². The van der Waals surface area contributed by atoms with Gasteiger partial charge in [0, 0.05) is 12.4 Å². The Morgan fingerprint density at radius 2 is 0.814 bits per heavy atom. The average molecular weight is 548 g/mol. The van der Waals surface area contributed by atoms with E-state index in [2.05, 4.69) is 158 Å². The van der Waals surface area contributed by atoms with Gasteiger partial charge in [-0.1, -0.05) is 121 Å². The molecule has 8 aromatic rings. The Hall–Kier alpha value is -5.53. The molecule has 0 saturated heterocycles. The normalized spacial score (nSPS) is 11.4. The molecule has 0 radical (unpaired) electrons. The van der Waals surface area contributed by atoms with Crippen molar-refractivity contribution in [2.75, 3.05) is 0 Å². The third kappa shape index (κ3) is 4.47. The van der Waals surface area contributed by atoms with Crippen molar-refractivity contribution < 1.29 is 0 Å². The van der Waals surface area contributed by atoms with Crippen LogP contribution >= 0.6 is 0 Å². The number of nitrogens with zero attached hydrogens (tertiary/aromatic N) is 1. The van der Waals surface area contributed by atoms with Gasteiger partial charge in [0.25, 0.3) is 0 Å². The van der Waals surface area contributed by atoms with Crippen LogP contribution in [0.4, 0.5) is 0 Å². The fraction of sp³-hybridized carbons (Fsp3) is 0.0238. The molecule has 8 rings (SSSR count). The highest BCUT2D eigenvalue weighted by molar-refractivity contribution is 6.21. The summed E-state index contributed by atoms with van der Waals surface area (Å²) in [5.41, 5.74) is 11.1. The Labute approximate surface area is 251 Å². The van der Waals surface area contributed by atoms with Crippen LogP contribution in [0.3, 0.4) is 0 Å². The molecule has 7 aromatic carbocycles. The van der Waals surface area contributed by atoms with Crippen LogP contribution in [0.25, 0.3) is 76.8 Å². The summed E-state index contributed by atoms with van der Waals surface area (Å²) < 4.78 is 0. The maximum Gasteiger partial charge on any atom is 0.0273 e. The minimum absolute atomic E-state index is 1.17. The van der Waals surface area contributed by atoms with Crippen LogP contribution in [0, 0.1) is 6.92 Å². The Morgan fingerprint density at radius 3 is 1.42 bits per heavy atom. The molecule has 43 heavy (non-hydrogen) atoms. The van der Waals surface area contributed by atoms with E-state index in [0.717, 1.165) is 0 Å². The van der Waals surface area contributed by atoms with Gasteiger partial charge in [-0.05, 0) is 114 Å². The number of pyridine rings is 1. The summed E-state index contributed by atoms with van der Waals surface area (Å²) in [7, 11) is 0. The second-order valence-electron chi connectivity index (χ2n) is 11.3. The van der Waals surface area contributed by atoms with Gasteiger partial charge in [0.15, 0.2) is 0 Å². The molecule has 0 bridgehead atoms. The fourth-order valence-electron chi connectivity index (χ4n) is 6.55. The largest absolute Gasteiger partial charge is 0.265 e. The molecule has 0 unspecified atom stereocenters. The molecule has 0 aliphatic carbocycles. The van der Waals surface area contributed by atoms with Crippen LogP contribution in [0.2, 0.25) is 0 Å². The molecule has 0 aliphatic heterocycles. The summed E-state index contributed by atoms with van der Waals surface area (Å²) in [5, 5.41) is 7.62. The van der Waals surface area contributed by atoms with Crippen molar-refractivity contribution in [1.29, 1.82) is 0 Å². The zero-order valence-electron chi connectivity index (χ0n) is 24.0. The average Bonchev–Trinajstić information content (AvgIpc) is 3.07. The molecule has 202 valence electrons. The van der Waals surface area contributed by atoms with Crippen molar-refractivity contribution in [2.24, 2.45) is 0 Å². The first kappa shape index (κ1) is 25.2. The lowest BCUT2D eigenvalue weighted by molar-refractivity contribution is 1.33. The van der Waals surface area contributed by atoms with Crippen LogP contribution in [-0.2, 0) is 0 Å². The Balaban J connectivity index is 1.34. The first-order chi connectivity index (χ1) is 21.2. The van der Waals surface area contributed by atoms with E-state index in [1.807, 2.05) is 12.4 Å². The zero-order chi connectivity index (χ0) is 28.8. The highest BCUT2D eigenvalue weighted by Crippen LogP contribution is 2.44. The van der Waals surface area contributed by atoms with Gasteiger partial charge in [0.05, 0.1) is 0 Å². The van der Waals surface area contributed by atoms with Crippen LogP contribution in [0.5, 0.6) is 0 Å². The molecule has 1 heterocycles. The third-order valence-electron chi connectivity index (χ3n) is 8.58. The number of benzene rings is 7. The summed E-state index contributed by atoms with van der Waals surface area (Å²) in [6.45, 7) is 2.15. The van der Waals surface area contributed by atoms with Crippen LogP contribution < -0.4 is 0 Å². The number of hydrogen-bond donors (Lipinski definition) is 0.